The van der Waals surface area contributed by atoms with Gasteiger partial charge in [0.25, 0.3) is 0 Å². The normalized spacial score (nSPS) is 16.3. The number of aromatic nitrogens is 1. The van der Waals surface area contributed by atoms with E-state index in [9.17, 15) is 9.59 Å². The first kappa shape index (κ1) is 19.4. The number of pyridine rings is 1. The summed E-state index contributed by atoms with van der Waals surface area (Å²) >= 11 is 5.99. The van der Waals surface area contributed by atoms with Crippen LogP contribution < -0.4 is 10.6 Å². The molecule has 3 rings (SSSR count). The van der Waals surface area contributed by atoms with Crippen molar-refractivity contribution in [3.05, 3.63) is 35.6 Å². The van der Waals surface area contributed by atoms with Crippen LogP contribution in [0.25, 0.3) is 10.8 Å². The van der Waals surface area contributed by atoms with Crippen LogP contribution in [0.5, 0.6) is 0 Å². The summed E-state index contributed by atoms with van der Waals surface area (Å²) < 4.78 is 0. The van der Waals surface area contributed by atoms with E-state index >= 15 is 0 Å². The molecule has 1 atom stereocenters. The number of hydrogen-bond acceptors (Lipinski definition) is 5. The molecule has 1 amide bonds. The Labute approximate surface area is 162 Å². The molecule has 1 aliphatic heterocycles. The molecule has 2 aromatic rings. The second-order valence-corrected chi connectivity index (χ2v) is 7.27. The number of carbonyl (C=O) groups excluding carboxylic acids is 1. The van der Waals surface area contributed by atoms with Crippen molar-refractivity contribution in [2.45, 2.75) is 18.9 Å². The van der Waals surface area contributed by atoms with Gasteiger partial charge in [0.2, 0.25) is 0 Å². The molecule has 0 radical (unpaired) electrons. The highest BCUT2D eigenvalue weighted by Gasteiger charge is 2.27. The summed E-state index contributed by atoms with van der Waals surface area (Å²) in [4.78, 5) is 29.3. The maximum atomic E-state index is 11.2. The van der Waals surface area contributed by atoms with Gasteiger partial charge in [-0.1, -0.05) is 17.7 Å². The van der Waals surface area contributed by atoms with E-state index in [0.717, 1.165) is 47.3 Å². The first-order chi connectivity index (χ1) is 13.0. The molecule has 3 N–H and O–H groups in total. The number of anilines is 1. The molecule has 7 nitrogen and oxygen atoms in total. The van der Waals surface area contributed by atoms with Crippen LogP contribution >= 0.6 is 11.6 Å². The maximum Gasteiger partial charge on any atom is 0.407 e. The number of rotatable bonds is 6. The second-order valence-electron chi connectivity index (χ2n) is 6.88. The first-order valence-electron chi connectivity index (χ1n) is 8.95. The van der Waals surface area contributed by atoms with Crippen molar-refractivity contribution in [2.24, 2.45) is 11.7 Å². The zero-order valence-electron chi connectivity index (χ0n) is 14.9. The molecule has 0 saturated carbocycles. The predicted molar refractivity (Wildman–Crippen MR) is 105 cm³/mol. The molecule has 1 aromatic carbocycles. The quantitative estimate of drug-likeness (QED) is 0.581. The van der Waals surface area contributed by atoms with Crippen LogP contribution in [0.4, 0.5) is 10.5 Å². The molecular formula is C19H23ClN4O3. The number of carboxylic acid groups (broad SMARTS) is 1. The highest BCUT2D eigenvalue weighted by Crippen LogP contribution is 2.28. The van der Waals surface area contributed by atoms with E-state index < -0.39 is 6.09 Å². The van der Waals surface area contributed by atoms with Gasteiger partial charge in [0.05, 0.1) is 6.54 Å². The van der Waals surface area contributed by atoms with Crippen LogP contribution in [0.2, 0.25) is 5.15 Å². The van der Waals surface area contributed by atoms with Gasteiger partial charge in [0.1, 0.15) is 11.4 Å². The topological polar surface area (TPSA) is 99.8 Å². The van der Waals surface area contributed by atoms with Crippen molar-refractivity contribution in [1.29, 1.82) is 0 Å². The highest BCUT2D eigenvalue weighted by atomic mass is 35.5. The highest BCUT2D eigenvalue weighted by molar-refractivity contribution is 6.30. The van der Waals surface area contributed by atoms with Crippen molar-refractivity contribution in [1.82, 2.24) is 9.88 Å². The molecule has 1 aromatic heterocycles. The average molecular weight is 391 g/mol. The summed E-state index contributed by atoms with van der Waals surface area (Å²) in [5.74, 6) is 0.230. The minimum absolute atomic E-state index is 0.142. The van der Waals surface area contributed by atoms with Crippen molar-refractivity contribution < 1.29 is 14.7 Å². The standard InChI is InChI=1S/C19H23ClN4O3/c20-18-10-15-9-16(2-1-14(15)11-22-18)23-5-3-13(4-6-23)17(21)12-24(7-8-25)19(26)27/h1-2,8-11,13,17H,3-7,12,21H2,(H,26,27). The van der Waals surface area contributed by atoms with E-state index in [0.29, 0.717) is 11.4 Å². The molecule has 1 aliphatic rings. The third kappa shape index (κ3) is 4.67. The van der Waals surface area contributed by atoms with Gasteiger partial charge in [-0.05, 0) is 42.3 Å². The number of benzene rings is 1. The SMILES string of the molecule is NC(CN(CC=O)C(=O)O)C1CCN(c2ccc3cnc(Cl)cc3c2)CC1. The Hall–Kier alpha value is -2.38. The molecule has 144 valence electrons. The number of amides is 1. The lowest BCUT2D eigenvalue weighted by Gasteiger charge is -2.37. The van der Waals surface area contributed by atoms with Gasteiger partial charge < -0.3 is 20.5 Å². The van der Waals surface area contributed by atoms with Gasteiger partial charge in [-0.25, -0.2) is 9.78 Å². The van der Waals surface area contributed by atoms with E-state index in [2.05, 4.69) is 22.0 Å². The van der Waals surface area contributed by atoms with Gasteiger partial charge in [0, 0.05) is 42.9 Å². The van der Waals surface area contributed by atoms with Crippen molar-refractivity contribution in [3.63, 3.8) is 0 Å². The number of nitrogens with zero attached hydrogens (tertiary/aromatic N) is 3. The molecule has 8 heteroatoms. The third-order valence-electron chi connectivity index (χ3n) is 5.18. The van der Waals surface area contributed by atoms with E-state index in [1.54, 1.807) is 6.20 Å². The molecule has 0 aliphatic carbocycles. The number of fused-ring (bicyclic) bond motifs is 1. The van der Waals surface area contributed by atoms with Crippen LogP contribution in [-0.4, -0.2) is 59.6 Å². The first-order valence-corrected chi connectivity index (χ1v) is 9.33. The number of carbonyl (C=O) groups is 2. The van der Waals surface area contributed by atoms with Crippen molar-refractivity contribution in [3.8, 4) is 0 Å². The van der Waals surface area contributed by atoms with Crippen LogP contribution in [0, 0.1) is 5.92 Å². The third-order valence-corrected chi connectivity index (χ3v) is 5.39. The summed E-state index contributed by atoms with van der Waals surface area (Å²) in [5.41, 5.74) is 7.36. The Morgan fingerprint density at radius 1 is 1.37 bits per heavy atom. The van der Waals surface area contributed by atoms with Crippen LogP contribution in [0.15, 0.2) is 30.5 Å². The molecule has 0 spiro atoms. The van der Waals surface area contributed by atoms with Crippen molar-refractivity contribution >= 4 is 40.4 Å². The van der Waals surface area contributed by atoms with Crippen LogP contribution in [0.1, 0.15) is 12.8 Å². The molecule has 2 heterocycles. The van der Waals surface area contributed by atoms with E-state index in [1.165, 1.54) is 0 Å². The van der Waals surface area contributed by atoms with E-state index in [1.807, 2.05) is 12.1 Å². The summed E-state index contributed by atoms with van der Waals surface area (Å²) in [5, 5.41) is 11.7. The maximum absolute atomic E-state index is 11.2. The number of nitrogens with two attached hydrogens (primary N) is 1. The molecule has 1 saturated heterocycles. The minimum Gasteiger partial charge on any atom is -0.465 e. The minimum atomic E-state index is -1.11. The molecule has 27 heavy (non-hydrogen) atoms. The fourth-order valence-electron chi connectivity index (χ4n) is 3.61. The van der Waals surface area contributed by atoms with Gasteiger partial charge in [-0.3, -0.25) is 4.90 Å². The van der Waals surface area contributed by atoms with E-state index in [4.69, 9.17) is 22.4 Å². The molecular weight excluding hydrogens is 368 g/mol. The zero-order chi connectivity index (χ0) is 19.4. The lowest BCUT2D eigenvalue weighted by atomic mass is 9.89. The number of piperidine rings is 1. The van der Waals surface area contributed by atoms with E-state index in [-0.39, 0.29) is 25.0 Å². The van der Waals surface area contributed by atoms with Gasteiger partial charge in [-0.15, -0.1) is 0 Å². The number of aldehydes is 1. The average Bonchev–Trinajstić information content (AvgIpc) is 2.67. The number of hydrogen-bond donors (Lipinski definition) is 2. The Bertz CT molecular complexity index is 824. The summed E-state index contributed by atoms with van der Waals surface area (Å²) in [6.07, 6.45) is 3.00. The molecule has 0 bridgehead atoms. The fraction of sp³-hybridized carbons (Fsp3) is 0.421. The molecule has 1 fully saturated rings. The fourth-order valence-corrected chi connectivity index (χ4v) is 3.77. The van der Waals surface area contributed by atoms with Gasteiger partial charge in [0.15, 0.2) is 0 Å². The Morgan fingerprint density at radius 2 is 2.11 bits per heavy atom. The lowest BCUT2D eigenvalue weighted by molar-refractivity contribution is -0.108. The largest absolute Gasteiger partial charge is 0.465 e. The Kier molecular flexibility index (Phi) is 6.13. The Balaban J connectivity index is 1.61. The second kappa shape index (κ2) is 8.54. The molecule has 1 unspecified atom stereocenters. The summed E-state index contributed by atoms with van der Waals surface area (Å²) in [6, 6.07) is 7.81. The van der Waals surface area contributed by atoms with Crippen LogP contribution in [-0.2, 0) is 4.79 Å². The number of halogens is 1. The van der Waals surface area contributed by atoms with Gasteiger partial charge >= 0.3 is 6.09 Å². The van der Waals surface area contributed by atoms with Gasteiger partial charge in [-0.2, -0.15) is 0 Å². The predicted octanol–water partition coefficient (Wildman–Crippen LogP) is 2.61. The summed E-state index contributed by atoms with van der Waals surface area (Å²) in [6.45, 7) is 1.74. The van der Waals surface area contributed by atoms with Crippen LogP contribution in [0.3, 0.4) is 0 Å². The smallest absolute Gasteiger partial charge is 0.407 e. The van der Waals surface area contributed by atoms with Crippen molar-refractivity contribution in [2.75, 3.05) is 31.1 Å². The Morgan fingerprint density at radius 3 is 2.78 bits per heavy atom. The summed E-state index contributed by atoms with van der Waals surface area (Å²) in [7, 11) is 0. The lowest BCUT2D eigenvalue weighted by Crippen LogP contribution is -2.48. The zero-order valence-corrected chi connectivity index (χ0v) is 15.7. The monoisotopic (exact) mass is 390 g/mol.